The van der Waals surface area contributed by atoms with Crippen molar-refractivity contribution in [1.29, 1.82) is 0 Å². The van der Waals surface area contributed by atoms with Gasteiger partial charge in [0.1, 0.15) is 4.60 Å². The SMILES string of the molecule is CCc1cc(Cl)c2c(Br)nn(C)c2c1. The second kappa shape index (κ2) is 3.55. The first-order chi connectivity index (χ1) is 6.63. The summed E-state index contributed by atoms with van der Waals surface area (Å²) in [6.45, 7) is 2.11. The number of fused-ring (bicyclic) bond motifs is 1. The van der Waals surface area contributed by atoms with E-state index in [2.05, 4.69) is 34.0 Å². The zero-order valence-corrected chi connectivity index (χ0v) is 10.4. The molecule has 1 aromatic heterocycles. The van der Waals surface area contributed by atoms with Crippen molar-refractivity contribution in [2.45, 2.75) is 13.3 Å². The van der Waals surface area contributed by atoms with Crippen molar-refractivity contribution >= 4 is 38.4 Å². The van der Waals surface area contributed by atoms with Crippen LogP contribution in [0.3, 0.4) is 0 Å². The summed E-state index contributed by atoms with van der Waals surface area (Å²) >= 11 is 9.57. The van der Waals surface area contributed by atoms with Crippen molar-refractivity contribution in [3.8, 4) is 0 Å². The zero-order chi connectivity index (χ0) is 10.3. The number of aromatic nitrogens is 2. The van der Waals surface area contributed by atoms with Crippen molar-refractivity contribution in [1.82, 2.24) is 9.78 Å². The zero-order valence-electron chi connectivity index (χ0n) is 8.01. The minimum Gasteiger partial charge on any atom is -0.267 e. The van der Waals surface area contributed by atoms with Crippen molar-refractivity contribution < 1.29 is 0 Å². The molecule has 0 bridgehead atoms. The Morgan fingerprint density at radius 1 is 1.50 bits per heavy atom. The summed E-state index contributed by atoms with van der Waals surface area (Å²) in [4.78, 5) is 0. The molecule has 14 heavy (non-hydrogen) atoms. The molecule has 1 aromatic carbocycles. The van der Waals surface area contributed by atoms with Crippen LogP contribution in [0.25, 0.3) is 10.9 Å². The summed E-state index contributed by atoms with van der Waals surface area (Å²) in [5, 5.41) is 6.03. The fraction of sp³-hybridized carbons (Fsp3) is 0.300. The molecule has 74 valence electrons. The molecule has 0 aliphatic rings. The van der Waals surface area contributed by atoms with Gasteiger partial charge in [0.05, 0.1) is 15.9 Å². The Bertz CT molecular complexity index is 490. The quantitative estimate of drug-likeness (QED) is 0.777. The predicted octanol–water partition coefficient (Wildman–Crippen LogP) is 3.55. The highest BCUT2D eigenvalue weighted by atomic mass is 79.9. The Balaban J connectivity index is 2.86. The molecule has 2 nitrogen and oxygen atoms in total. The molecule has 0 radical (unpaired) electrons. The van der Waals surface area contributed by atoms with Crippen LogP contribution >= 0.6 is 27.5 Å². The third kappa shape index (κ3) is 1.44. The van der Waals surface area contributed by atoms with Gasteiger partial charge in [0.2, 0.25) is 0 Å². The van der Waals surface area contributed by atoms with Crippen molar-refractivity contribution in [3.63, 3.8) is 0 Å². The Kier molecular flexibility index (Phi) is 2.54. The second-order valence-corrected chi connectivity index (χ2v) is 4.40. The minimum atomic E-state index is 0.763. The normalized spacial score (nSPS) is 11.1. The third-order valence-electron chi connectivity index (χ3n) is 2.33. The maximum Gasteiger partial charge on any atom is 0.137 e. The summed E-state index contributed by atoms with van der Waals surface area (Å²) in [5.41, 5.74) is 2.30. The average Bonchev–Trinajstić information content (AvgIpc) is 2.42. The Labute approximate surface area is 96.0 Å². The van der Waals surface area contributed by atoms with Crippen LogP contribution in [0.4, 0.5) is 0 Å². The molecule has 0 aliphatic carbocycles. The number of benzene rings is 1. The molecule has 4 heteroatoms. The molecule has 0 saturated carbocycles. The molecule has 2 aromatic rings. The molecule has 0 amide bonds. The topological polar surface area (TPSA) is 17.8 Å². The van der Waals surface area contributed by atoms with E-state index in [1.807, 2.05) is 17.8 Å². The van der Waals surface area contributed by atoms with Gasteiger partial charge in [-0.15, -0.1) is 0 Å². The van der Waals surface area contributed by atoms with Crippen LogP contribution in [0.1, 0.15) is 12.5 Å². The van der Waals surface area contributed by atoms with Gasteiger partial charge < -0.3 is 0 Å². The number of hydrogen-bond acceptors (Lipinski definition) is 1. The molecular weight excluding hydrogens is 263 g/mol. The maximum absolute atomic E-state index is 6.18. The fourth-order valence-electron chi connectivity index (χ4n) is 1.55. The molecule has 0 aliphatic heterocycles. The van der Waals surface area contributed by atoms with Crippen molar-refractivity contribution in [2.75, 3.05) is 0 Å². The van der Waals surface area contributed by atoms with Gasteiger partial charge in [-0.2, -0.15) is 5.10 Å². The lowest BCUT2D eigenvalue weighted by Crippen LogP contribution is -1.90. The van der Waals surface area contributed by atoms with Gasteiger partial charge in [-0.1, -0.05) is 18.5 Å². The van der Waals surface area contributed by atoms with E-state index in [1.165, 1.54) is 5.56 Å². The van der Waals surface area contributed by atoms with Crippen molar-refractivity contribution in [2.24, 2.45) is 7.05 Å². The number of aryl methyl sites for hydroxylation is 2. The molecule has 0 unspecified atom stereocenters. The first-order valence-electron chi connectivity index (χ1n) is 4.44. The van der Waals surface area contributed by atoms with Gasteiger partial charge >= 0.3 is 0 Å². The average molecular weight is 274 g/mol. The lowest BCUT2D eigenvalue weighted by atomic mass is 10.1. The number of halogens is 2. The smallest absolute Gasteiger partial charge is 0.137 e. The van der Waals surface area contributed by atoms with E-state index in [9.17, 15) is 0 Å². The van der Waals surface area contributed by atoms with Crippen LogP contribution < -0.4 is 0 Å². The van der Waals surface area contributed by atoms with Crippen LogP contribution in [0.2, 0.25) is 5.02 Å². The van der Waals surface area contributed by atoms with E-state index in [0.717, 1.165) is 26.9 Å². The van der Waals surface area contributed by atoms with E-state index in [0.29, 0.717) is 0 Å². The summed E-state index contributed by atoms with van der Waals surface area (Å²) in [6.07, 6.45) is 0.985. The van der Waals surface area contributed by atoms with Gasteiger partial charge in [-0.05, 0) is 40.0 Å². The van der Waals surface area contributed by atoms with Crippen LogP contribution in [0.5, 0.6) is 0 Å². The summed E-state index contributed by atoms with van der Waals surface area (Å²) in [7, 11) is 1.92. The molecule has 0 atom stereocenters. The second-order valence-electron chi connectivity index (χ2n) is 3.24. The first kappa shape index (κ1) is 9.99. The fourth-order valence-corrected chi connectivity index (χ4v) is 2.64. The summed E-state index contributed by atoms with van der Waals surface area (Å²) in [5.74, 6) is 0. The molecule has 0 N–H and O–H groups in total. The van der Waals surface area contributed by atoms with Gasteiger partial charge in [-0.25, -0.2) is 0 Å². The molecule has 2 rings (SSSR count). The van der Waals surface area contributed by atoms with Crippen molar-refractivity contribution in [3.05, 3.63) is 27.3 Å². The number of hydrogen-bond donors (Lipinski definition) is 0. The van der Waals surface area contributed by atoms with E-state index in [-0.39, 0.29) is 0 Å². The lowest BCUT2D eigenvalue weighted by Gasteiger charge is -2.00. The number of nitrogens with zero attached hydrogens (tertiary/aromatic N) is 2. The molecule has 0 saturated heterocycles. The van der Waals surface area contributed by atoms with Crippen LogP contribution in [0, 0.1) is 0 Å². The van der Waals surface area contributed by atoms with Gasteiger partial charge in [0.25, 0.3) is 0 Å². The molecule has 0 spiro atoms. The van der Waals surface area contributed by atoms with Gasteiger partial charge in [0.15, 0.2) is 0 Å². The third-order valence-corrected chi connectivity index (χ3v) is 3.18. The van der Waals surface area contributed by atoms with E-state index >= 15 is 0 Å². The van der Waals surface area contributed by atoms with E-state index in [1.54, 1.807) is 0 Å². The highest BCUT2D eigenvalue weighted by molar-refractivity contribution is 9.10. The first-order valence-corrected chi connectivity index (χ1v) is 5.61. The molecule has 0 fully saturated rings. The highest BCUT2D eigenvalue weighted by Gasteiger charge is 2.10. The summed E-state index contributed by atoms with van der Waals surface area (Å²) < 4.78 is 2.65. The highest BCUT2D eigenvalue weighted by Crippen LogP contribution is 2.31. The standard InChI is InChI=1S/C10H10BrClN2/c1-3-6-4-7(12)9-8(5-6)14(2)13-10(9)11/h4-5H,3H2,1-2H3. The Morgan fingerprint density at radius 3 is 2.86 bits per heavy atom. The molecular formula is C10H10BrClN2. The maximum atomic E-state index is 6.18. The van der Waals surface area contributed by atoms with Gasteiger partial charge in [-0.3, -0.25) is 4.68 Å². The minimum absolute atomic E-state index is 0.763. The largest absolute Gasteiger partial charge is 0.267 e. The van der Waals surface area contributed by atoms with Crippen LogP contribution in [0.15, 0.2) is 16.7 Å². The van der Waals surface area contributed by atoms with E-state index in [4.69, 9.17) is 11.6 Å². The molecule has 1 heterocycles. The lowest BCUT2D eigenvalue weighted by molar-refractivity contribution is 0.788. The van der Waals surface area contributed by atoms with E-state index < -0.39 is 0 Å². The van der Waals surface area contributed by atoms with Crippen LogP contribution in [-0.2, 0) is 13.5 Å². The Hall–Kier alpha value is -0.540. The number of rotatable bonds is 1. The predicted molar refractivity (Wildman–Crippen MR) is 62.8 cm³/mol. The van der Waals surface area contributed by atoms with Crippen LogP contribution in [-0.4, -0.2) is 9.78 Å². The Morgan fingerprint density at radius 2 is 2.21 bits per heavy atom. The summed E-state index contributed by atoms with van der Waals surface area (Å²) in [6, 6.07) is 4.12. The van der Waals surface area contributed by atoms with Gasteiger partial charge in [0, 0.05) is 7.05 Å². The monoisotopic (exact) mass is 272 g/mol.